The minimum atomic E-state index is -4.45. The van der Waals surface area contributed by atoms with E-state index in [4.69, 9.17) is 9.26 Å². The second kappa shape index (κ2) is 9.55. The lowest BCUT2D eigenvalue weighted by molar-refractivity contribution is -0.137. The van der Waals surface area contributed by atoms with Gasteiger partial charge in [-0.15, -0.1) is 0 Å². The van der Waals surface area contributed by atoms with Crippen LogP contribution in [-0.2, 0) is 29.7 Å². The summed E-state index contributed by atoms with van der Waals surface area (Å²) in [6.07, 6.45) is -2.94. The maximum atomic E-state index is 14.6. The molecule has 2 aromatic heterocycles. The molecule has 12 heteroatoms. The van der Waals surface area contributed by atoms with Crippen molar-refractivity contribution >= 4 is 0 Å². The maximum Gasteiger partial charge on any atom is 0.416 e. The topological polar surface area (TPSA) is 86.2 Å². The second-order valence-corrected chi connectivity index (χ2v) is 7.85. The van der Waals surface area contributed by atoms with Crippen LogP contribution in [0.3, 0.4) is 0 Å². The summed E-state index contributed by atoms with van der Waals surface area (Å²) in [6, 6.07) is 8.67. The zero-order valence-electron chi connectivity index (χ0n) is 18.2. The molecule has 184 valence electrons. The van der Waals surface area contributed by atoms with E-state index in [1.165, 1.54) is 42.5 Å². The molecule has 0 aliphatic carbocycles. The molecule has 0 bridgehead atoms. The first-order valence-electron chi connectivity index (χ1n) is 10.3. The first kappa shape index (κ1) is 24.5. The van der Waals surface area contributed by atoms with Crippen molar-refractivity contribution < 1.29 is 36.3 Å². The van der Waals surface area contributed by atoms with Crippen molar-refractivity contribution in [3.8, 4) is 11.3 Å². The Morgan fingerprint density at radius 3 is 2.46 bits per heavy atom. The van der Waals surface area contributed by atoms with E-state index in [2.05, 4.69) is 15.2 Å². The highest BCUT2D eigenvalue weighted by Gasteiger charge is 2.40. The highest BCUT2D eigenvalue weighted by molar-refractivity contribution is 5.59. The van der Waals surface area contributed by atoms with Gasteiger partial charge in [-0.2, -0.15) is 18.3 Å². The maximum absolute atomic E-state index is 14.6. The largest absolute Gasteiger partial charge is 0.416 e. The van der Waals surface area contributed by atoms with Crippen LogP contribution in [0, 0.1) is 11.6 Å². The average Bonchev–Trinajstić information content (AvgIpc) is 3.49. The zero-order valence-corrected chi connectivity index (χ0v) is 18.2. The van der Waals surface area contributed by atoms with Crippen LogP contribution in [0.4, 0.5) is 22.0 Å². The molecule has 0 unspecified atom stereocenters. The molecular weight excluding hydrogens is 475 g/mol. The second-order valence-electron chi connectivity index (χ2n) is 7.85. The van der Waals surface area contributed by atoms with E-state index in [0.29, 0.717) is 11.6 Å². The molecule has 4 rings (SSSR count). The molecule has 7 nitrogen and oxygen atoms in total. The van der Waals surface area contributed by atoms with Gasteiger partial charge in [0.2, 0.25) is 0 Å². The Bertz CT molecular complexity index is 1280. The molecule has 0 saturated carbocycles. The molecule has 0 amide bonds. The first-order valence-corrected chi connectivity index (χ1v) is 10.3. The third-order valence-electron chi connectivity index (χ3n) is 5.48. The monoisotopic (exact) mass is 494 g/mol. The van der Waals surface area contributed by atoms with Gasteiger partial charge in [-0.25, -0.2) is 18.4 Å². The first-order chi connectivity index (χ1) is 16.6. The van der Waals surface area contributed by atoms with Crippen molar-refractivity contribution in [3.05, 3.63) is 89.7 Å². The van der Waals surface area contributed by atoms with E-state index in [1.807, 2.05) is 0 Å². The van der Waals surface area contributed by atoms with Crippen molar-refractivity contribution in [1.29, 1.82) is 0 Å². The van der Waals surface area contributed by atoms with Crippen molar-refractivity contribution in [2.24, 2.45) is 0 Å². The minimum absolute atomic E-state index is 0.197. The van der Waals surface area contributed by atoms with Gasteiger partial charge in [0.25, 0.3) is 0 Å². The van der Waals surface area contributed by atoms with E-state index < -0.39 is 35.1 Å². The van der Waals surface area contributed by atoms with Crippen LogP contribution < -0.4 is 0 Å². The SMILES string of the molecule is C[C@@H](OCc1cc(-c2ccc(C(F)(F)F)cc2)no1)[C@](O)(Cn1cncn1)c1ccc(F)cc1F. The van der Waals surface area contributed by atoms with Gasteiger partial charge in [0.05, 0.1) is 18.2 Å². The molecule has 0 spiro atoms. The predicted octanol–water partition coefficient (Wildman–Crippen LogP) is 4.72. The quantitative estimate of drug-likeness (QED) is 0.357. The van der Waals surface area contributed by atoms with Crippen molar-refractivity contribution in [2.45, 2.75) is 38.0 Å². The van der Waals surface area contributed by atoms with Gasteiger partial charge >= 0.3 is 6.18 Å². The van der Waals surface area contributed by atoms with Crippen LogP contribution in [0.1, 0.15) is 23.8 Å². The number of aliphatic hydroxyl groups is 1. The molecular formula is C23H19F5N4O3. The summed E-state index contributed by atoms with van der Waals surface area (Å²) in [7, 11) is 0. The Morgan fingerprint density at radius 2 is 1.83 bits per heavy atom. The van der Waals surface area contributed by atoms with Crippen molar-refractivity contribution in [3.63, 3.8) is 0 Å². The Morgan fingerprint density at radius 1 is 1.09 bits per heavy atom. The molecule has 0 radical (unpaired) electrons. The summed E-state index contributed by atoms with van der Waals surface area (Å²) in [5.74, 6) is -1.55. The third kappa shape index (κ3) is 5.38. The van der Waals surface area contributed by atoms with Crippen LogP contribution in [0.15, 0.2) is 65.7 Å². The lowest BCUT2D eigenvalue weighted by Gasteiger charge is -2.34. The number of benzene rings is 2. The van der Waals surface area contributed by atoms with Crippen molar-refractivity contribution in [2.75, 3.05) is 0 Å². The number of rotatable bonds is 8. The summed E-state index contributed by atoms with van der Waals surface area (Å²) >= 11 is 0. The van der Waals surface area contributed by atoms with E-state index in [1.54, 1.807) is 0 Å². The molecule has 4 aromatic rings. The van der Waals surface area contributed by atoms with Crippen molar-refractivity contribution in [1.82, 2.24) is 19.9 Å². The number of hydrogen-bond donors (Lipinski definition) is 1. The lowest BCUT2D eigenvalue weighted by Crippen LogP contribution is -2.44. The highest BCUT2D eigenvalue weighted by Crippen LogP contribution is 2.33. The smallest absolute Gasteiger partial charge is 0.380 e. The number of aromatic nitrogens is 4. The average molecular weight is 494 g/mol. The lowest BCUT2D eigenvalue weighted by atomic mass is 9.88. The van der Waals surface area contributed by atoms with Gasteiger partial charge in [0, 0.05) is 23.3 Å². The standard InChI is InChI=1S/C23H19F5N4O3/c1-14(22(33,11-32-13-29-12-30-32)19-7-6-17(24)8-20(19)25)34-10-18-9-21(31-35-18)15-2-4-16(5-3-15)23(26,27)28/h2-9,12-14,33H,10-11H2,1H3/t14-,22-/m1/s1. The Balaban J connectivity index is 1.51. The fourth-order valence-corrected chi connectivity index (χ4v) is 3.53. The minimum Gasteiger partial charge on any atom is -0.380 e. The Hall–Kier alpha value is -3.64. The zero-order chi connectivity index (χ0) is 25.2. The van der Waals surface area contributed by atoms with E-state index in [-0.39, 0.29) is 30.2 Å². The highest BCUT2D eigenvalue weighted by atomic mass is 19.4. The fourth-order valence-electron chi connectivity index (χ4n) is 3.53. The number of hydrogen-bond acceptors (Lipinski definition) is 6. The summed E-state index contributed by atoms with van der Waals surface area (Å²) in [5, 5.41) is 19.2. The number of halogens is 5. The Labute approximate surface area is 195 Å². The normalized spacial score (nSPS) is 14.6. The molecule has 2 heterocycles. The van der Waals surface area contributed by atoms with E-state index in [0.717, 1.165) is 24.3 Å². The van der Waals surface area contributed by atoms with Crippen LogP contribution in [0.2, 0.25) is 0 Å². The van der Waals surface area contributed by atoms with Crippen LogP contribution >= 0.6 is 0 Å². The predicted molar refractivity (Wildman–Crippen MR) is 111 cm³/mol. The van der Waals surface area contributed by atoms with Gasteiger partial charge in [-0.3, -0.25) is 0 Å². The summed E-state index contributed by atoms with van der Waals surface area (Å²) < 4.78 is 78.5. The van der Waals surface area contributed by atoms with Gasteiger partial charge < -0.3 is 14.4 Å². The molecule has 2 atom stereocenters. The molecule has 35 heavy (non-hydrogen) atoms. The van der Waals surface area contributed by atoms with Crippen LogP contribution in [0.5, 0.6) is 0 Å². The summed E-state index contributed by atoms with van der Waals surface area (Å²) in [4.78, 5) is 3.80. The van der Waals surface area contributed by atoms with Gasteiger partial charge in [-0.1, -0.05) is 23.4 Å². The fraction of sp³-hybridized carbons (Fsp3) is 0.261. The van der Waals surface area contributed by atoms with Crippen LogP contribution in [-0.4, -0.2) is 31.1 Å². The molecule has 0 aliphatic rings. The Kier molecular flexibility index (Phi) is 6.68. The van der Waals surface area contributed by atoms with Gasteiger partial charge in [-0.05, 0) is 25.1 Å². The summed E-state index contributed by atoms with van der Waals surface area (Å²) in [6.45, 7) is 1.05. The molecule has 0 aliphatic heterocycles. The van der Waals surface area contributed by atoms with Crippen LogP contribution in [0.25, 0.3) is 11.3 Å². The van der Waals surface area contributed by atoms with Gasteiger partial charge in [0.1, 0.15) is 42.2 Å². The molecule has 0 fully saturated rings. The third-order valence-corrected chi connectivity index (χ3v) is 5.48. The molecule has 2 aromatic carbocycles. The number of alkyl halides is 3. The summed E-state index contributed by atoms with van der Waals surface area (Å²) in [5.41, 5.74) is -2.28. The van der Waals surface area contributed by atoms with E-state index >= 15 is 0 Å². The molecule has 1 N–H and O–H groups in total. The van der Waals surface area contributed by atoms with Gasteiger partial charge in [0.15, 0.2) is 5.76 Å². The number of ether oxygens (including phenoxy) is 1. The molecule has 0 saturated heterocycles. The van der Waals surface area contributed by atoms with E-state index in [9.17, 15) is 27.1 Å². The number of nitrogens with zero attached hydrogens (tertiary/aromatic N) is 4.